The molecular weight excluding hydrogens is 763 g/mol. The fourth-order valence-corrected chi connectivity index (χ4v) is 10.1. The number of aromatic nitrogens is 2. The van der Waals surface area contributed by atoms with Gasteiger partial charge in [-0.1, -0.05) is 182 Å². The van der Waals surface area contributed by atoms with Crippen LogP contribution in [0.2, 0.25) is 0 Å². The van der Waals surface area contributed by atoms with E-state index >= 15 is 0 Å². The van der Waals surface area contributed by atoms with E-state index in [1.807, 2.05) is 0 Å². The van der Waals surface area contributed by atoms with Crippen LogP contribution in [0.5, 0.6) is 0 Å². The predicted octanol–water partition coefficient (Wildman–Crippen LogP) is 15.3. The lowest BCUT2D eigenvalue weighted by atomic mass is 9.67. The average molecular weight is 804 g/mol. The Morgan fingerprint density at radius 2 is 0.921 bits per heavy atom. The van der Waals surface area contributed by atoms with Crippen molar-refractivity contribution in [3.05, 3.63) is 271 Å². The van der Waals surface area contributed by atoms with Crippen molar-refractivity contribution in [3.8, 4) is 39.3 Å². The standard InChI is InChI=1S/C60H41N3/c1-5-19-44(20-6-1)60(45-21-7-2-8-22-45)54-30-16-15-28-50(54)51-38-35-43(41-55(51)60)42-33-36-48(37-34-42)62(46-23-9-3-10-24-46)57-40-39-53(49-27-13-14-29-52(49)57)59-61-56-31-17-18-32-58(56)63(59)47-25-11-4-12-26-47/h1-41H. The highest BCUT2D eigenvalue weighted by Crippen LogP contribution is 2.56. The molecule has 296 valence electrons. The van der Waals surface area contributed by atoms with Gasteiger partial charge in [0.25, 0.3) is 0 Å². The highest BCUT2D eigenvalue weighted by atomic mass is 15.1. The molecule has 0 spiro atoms. The van der Waals surface area contributed by atoms with E-state index in [-0.39, 0.29) is 0 Å². The molecule has 0 fully saturated rings. The van der Waals surface area contributed by atoms with Gasteiger partial charge in [0, 0.05) is 28.0 Å². The second-order valence-electron chi connectivity index (χ2n) is 16.3. The molecule has 0 saturated heterocycles. The first-order valence-corrected chi connectivity index (χ1v) is 21.6. The van der Waals surface area contributed by atoms with Gasteiger partial charge in [-0.05, 0) is 117 Å². The van der Waals surface area contributed by atoms with E-state index in [0.29, 0.717) is 0 Å². The summed E-state index contributed by atoms with van der Waals surface area (Å²) < 4.78 is 2.28. The normalized spacial score (nSPS) is 12.6. The highest BCUT2D eigenvalue weighted by Gasteiger charge is 2.46. The molecule has 0 N–H and O–H groups in total. The van der Waals surface area contributed by atoms with Crippen LogP contribution in [0.1, 0.15) is 22.3 Å². The third kappa shape index (κ3) is 5.85. The Balaban J connectivity index is 0.992. The third-order valence-corrected chi connectivity index (χ3v) is 12.9. The minimum absolute atomic E-state index is 0.452. The zero-order chi connectivity index (χ0) is 41.7. The van der Waals surface area contributed by atoms with Gasteiger partial charge < -0.3 is 4.90 Å². The van der Waals surface area contributed by atoms with Crippen molar-refractivity contribution < 1.29 is 0 Å². The first kappa shape index (κ1) is 36.6. The summed E-state index contributed by atoms with van der Waals surface area (Å²) in [4.78, 5) is 7.64. The van der Waals surface area contributed by atoms with Crippen molar-refractivity contribution in [2.24, 2.45) is 0 Å². The van der Waals surface area contributed by atoms with Gasteiger partial charge in [-0.15, -0.1) is 0 Å². The van der Waals surface area contributed by atoms with Crippen LogP contribution in [0.25, 0.3) is 61.1 Å². The molecular formula is C60H41N3. The van der Waals surface area contributed by atoms with Crippen molar-refractivity contribution >= 4 is 38.9 Å². The predicted molar refractivity (Wildman–Crippen MR) is 261 cm³/mol. The number of fused-ring (bicyclic) bond motifs is 5. The number of nitrogens with zero attached hydrogens (tertiary/aromatic N) is 3. The second-order valence-corrected chi connectivity index (χ2v) is 16.3. The molecule has 1 aliphatic rings. The molecule has 0 saturated carbocycles. The van der Waals surface area contributed by atoms with Gasteiger partial charge in [-0.3, -0.25) is 4.57 Å². The number of para-hydroxylation sites is 4. The van der Waals surface area contributed by atoms with Gasteiger partial charge in [0.2, 0.25) is 0 Å². The van der Waals surface area contributed by atoms with Crippen LogP contribution >= 0.6 is 0 Å². The Hall–Kier alpha value is -8.27. The molecule has 1 heterocycles. The van der Waals surface area contributed by atoms with Gasteiger partial charge in [-0.2, -0.15) is 0 Å². The molecule has 3 nitrogen and oxygen atoms in total. The fourth-order valence-electron chi connectivity index (χ4n) is 10.1. The van der Waals surface area contributed by atoms with Crippen molar-refractivity contribution in [1.29, 1.82) is 0 Å². The summed E-state index contributed by atoms with van der Waals surface area (Å²) in [6, 6.07) is 90.0. The van der Waals surface area contributed by atoms with E-state index in [4.69, 9.17) is 4.98 Å². The second kappa shape index (κ2) is 15.0. The molecule has 3 heteroatoms. The van der Waals surface area contributed by atoms with Crippen LogP contribution in [-0.2, 0) is 5.41 Å². The molecule has 0 amide bonds. The van der Waals surface area contributed by atoms with Crippen molar-refractivity contribution in [1.82, 2.24) is 9.55 Å². The van der Waals surface area contributed by atoms with E-state index in [0.717, 1.165) is 55.9 Å². The van der Waals surface area contributed by atoms with Crippen LogP contribution in [-0.4, -0.2) is 9.55 Å². The van der Waals surface area contributed by atoms with Crippen molar-refractivity contribution in [2.75, 3.05) is 4.90 Å². The van der Waals surface area contributed by atoms with Crippen LogP contribution < -0.4 is 4.90 Å². The number of rotatable bonds is 8. The Kier molecular flexibility index (Phi) is 8.72. The maximum absolute atomic E-state index is 5.26. The largest absolute Gasteiger partial charge is 0.310 e. The fraction of sp³-hybridized carbons (Fsp3) is 0.0167. The first-order valence-electron chi connectivity index (χ1n) is 21.6. The summed E-state index contributed by atoms with van der Waals surface area (Å²) in [5.41, 5.74) is 17.1. The molecule has 0 bridgehead atoms. The lowest BCUT2D eigenvalue weighted by molar-refractivity contribution is 0.769. The van der Waals surface area contributed by atoms with Crippen molar-refractivity contribution in [3.63, 3.8) is 0 Å². The SMILES string of the molecule is c1ccc(N(c2ccc(-c3ccc4c(c3)C(c3ccccc3)(c3ccccc3)c3ccccc3-4)cc2)c2ccc(-c3nc4ccccc4n3-c3ccccc3)c3ccccc23)cc1. The Morgan fingerprint density at radius 1 is 0.381 bits per heavy atom. The molecule has 0 aliphatic heterocycles. The third-order valence-electron chi connectivity index (χ3n) is 12.9. The summed E-state index contributed by atoms with van der Waals surface area (Å²) in [6.07, 6.45) is 0. The molecule has 0 unspecified atom stereocenters. The lowest BCUT2D eigenvalue weighted by Gasteiger charge is -2.34. The van der Waals surface area contributed by atoms with Gasteiger partial charge in [0.1, 0.15) is 5.82 Å². The molecule has 1 aromatic heterocycles. The van der Waals surface area contributed by atoms with Crippen molar-refractivity contribution in [2.45, 2.75) is 5.41 Å². The number of hydrogen-bond donors (Lipinski definition) is 0. The Morgan fingerprint density at radius 3 is 1.65 bits per heavy atom. The molecule has 1 aliphatic carbocycles. The van der Waals surface area contributed by atoms with E-state index in [2.05, 4.69) is 258 Å². The van der Waals surface area contributed by atoms with E-state index in [1.165, 1.54) is 44.5 Å². The molecule has 0 atom stereocenters. The summed E-state index contributed by atoms with van der Waals surface area (Å²) in [5.74, 6) is 0.918. The molecule has 63 heavy (non-hydrogen) atoms. The van der Waals surface area contributed by atoms with Gasteiger partial charge in [-0.25, -0.2) is 4.98 Å². The van der Waals surface area contributed by atoms with Crippen LogP contribution in [0.15, 0.2) is 249 Å². The molecule has 12 rings (SSSR count). The van der Waals surface area contributed by atoms with Gasteiger partial charge in [0.05, 0.1) is 22.1 Å². The summed E-state index contributed by atoms with van der Waals surface area (Å²) in [7, 11) is 0. The monoisotopic (exact) mass is 803 g/mol. The highest BCUT2D eigenvalue weighted by molar-refractivity contribution is 6.06. The average Bonchev–Trinajstić information content (AvgIpc) is 3.90. The lowest BCUT2D eigenvalue weighted by Crippen LogP contribution is -2.28. The summed E-state index contributed by atoms with van der Waals surface area (Å²) in [6.45, 7) is 0. The number of imidazole rings is 1. The zero-order valence-electron chi connectivity index (χ0n) is 34.5. The minimum atomic E-state index is -0.452. The Labute approximate surface area is 367 Å². The topological polar surface area (TPSA) is 21.1 Å². The summed E-state index contributed by atoms with van der Waals surface area (Å²) in [5, 5.41) is 2.28. The number of benzene rings is 10. The van der Waals surface area contributed by atoms with Gasteiger partial charge >= 0.3 is 0 Å². The maximum atomic E-state index is 5.26. The minimum Gasteiger partial charge on any atom is -0.310 e. The molecule has 11 aromatic rings. The maximum Gasteiger partial charge on any atom is 0.146 e. The molecule has 10 aromatic carbocycles. The first-order chi connectivity index (χ1) is 31.3. The van der Waals surface area contributed by atoms with E-state index in [9.17, 15) is 0 Å². The summed E-state index contributed by atoms with van der Waals surface area (Å²) >= 11 is 0. The number of anilines is 3. The number of hydrogen-bond acceptors (Lipinski definition) is 2. The van der Waals surface area contributed by atoms with E-state index in [1.54, 1.807) is 0 Å². The van der Waals surface area contributed by atoms with Crippen LogP contribution in [0.3, 0.4) is 0 Å². The van der Waals surface area contributed by atoms with Crippen LogP contribution in [0, 0.1) is 0 Å². The molecule has 0 radical (unpaired) electrons. The van der Waals surface area contributed by atoms with E-state index < -0.39 is 5.41 Å². The van der Waals surface area contributed by atoms with Gasteiger partial charge in [0.15, 0.2) is 0 Å². The smallest absolute Gasteiger partial charge is 0.146 e. The Bertz CT molecular complexity index is 3390. The zero-order valence-corrected chi connectivity index (χ0v) is 34.5. The quantitative estimate of drug-likeness (QED) is 0.153. The van der Waals surface area contributed by atoms with Crippen LogP contribution in [0.4, 0.5) is 17.1 Å².